The van der Waals surface area contributed by atoms with Crippen LogP contribution < -0.4 is 10.1 Å². The summed E-state index contributed by atoms with van der Waals surface area (Å²) in [5.41, 5.74) is 2.26. The van der Waals surface area contributed by atoms with Crippen molar-refractivity contribution in [2.24, 2.45) is 0 Å². The Balaban J connectivity index is 1.63. The van der Waals surface area contributed by atoms with E-state index < -0.39 is 0 Å². The third-order valence-electron chi connectivity index (χ3n) is 4.25. The molecule has 1 amide bonds. The quantitative estimate of drug-likeness (QED) is 0.917. The van der Waals surface area contributed by atoms with Gasteiger partial charge in [-0.3, -0.25) is 4.79 Å². The molecule has 3 heteroatoms. The zero-order chi connectivity index (χ0) is 15.4. The molecular weight excluding hydrogens is 274 g/mol. The maximum atomic E-state index is 12.5. The summed E-state index contributed by atoms with van der Waals surface area (Å²) < 4.78 is 5.66. The zero-order valence-electron chi connectivity index (χ0n) is 12.8. The Kier molecular flexibility index (Phi) is 4.42. The molecule has 0 aromatic heterocycles. The van der Waals surface area contributed by atoms with Crippen molar-refractivity contribution in [1.82, 2.24) is 5.32 Å². The Labute approximate surface area is 131 Å². The largest absolute Gasteiger partial charge is 0.493 e. The number of carbonyl (C=O) groups excluding carboxylic acids is 1. The molecule has 2 atom stereocenters. The fourth-order valence-electron chi connectivity index (χ4n) is 3.00. The van der Waals surface area contributed by atoms with Gasteiger partial charge in [0.05, 0.1) is 12.5 Å². The van der Waals surface area contributed by atoms with Crippen molar-refractivity contribution in [3.05, 3.63) is 65.7 Å². The molecule has 0 aliphatic carbocycles. The number of fused-ring (bicyclic) bond motifs is 1. The van der Waals surface area contributed by atoms with Crippen LogP contribution >= 0.6 is 0 Å². The molecule has 0 radical (unpaired) electrons. The lowest BCUT2D eigenvalue weighted by Gasteiger charge is -2.17. The highest BCUT2D eigenvalue weighted by molar-refractivity contribution is 5.83. The molecule has 22 heavy (non-hydrogen) atoms. The van der Waals surface area contributed by atoms with Gasteiger partial charge in [0.25, 0.3) is 0 Å². The van der Waals surface area contributed by atoms with E-state index in [1.807, 2.05) is 55.5 Å². The predicted octanol–water partition coefficient (Wildman–Crippen LogP) is 3.47. The van der Waals surface area contributed by atoms with Crippen LogP contribution in [0.25, 0.3) is 0 Å². The van der Waals surface area contributed by atoms with Gasteiger partial charge in [0.1, 0.15) is 5.75 Å². The minimum atomic E-state index is -0.0845. The predicted molar refractivity (Wildman–Crippen MR) is 87.2 cm³/mol. The van der Waals surface area contributed by atoms with Gasteiger partial charge < -0.3 is 10.1 Å². The number of para-hydroxylation sites is 1. The molecule has 0 fully saturated rings. The molecule has 0 saturated heterocycles. The summed E-state index contributed by atoms with van der Waals surface area (Å²) in [6.07, 6.45) is 0.799. The normalized spacial score (nSPS) is 17.4. The molecule has 3 rings (SSSR count). The molecule has 2 aromatic carbocycles. The monoisotopic (exact) mass is 295 g/mol. The zero-order valence-corrected chi connectivity index (χ0v) is 12.8. The highest BCUT2D eigenvalue weighted by Gasteiger charge is 2.25. The Morgan fingerprint density at radius 2 is 1.91 bits per heavy atom. The van der Waals surface area contributed by atoms with Crippen LogP contribution in [0.5, 0.6) is 5.75 Å². The first-order chi connectivity index (χ1) is 10.8. The van der Waals surface area contributed by atoms with Crippen molar-refractivity contribution >= 4 is 5.91 Å². The summed E-state index contributed by atoms with van der Waals surface area (Å²) in [5, 5.41) is 3.10. The maximum Gasteiger partial charge on any atom is 0.227 e. The lowest BCUT2D eigenvalue weighted by molar-refractivity contribution is -0.122. The summed E-state index contributed by atoms with van der Waals surface area (Å²) >= 11 is 0. The van der Waals surface area contributed by atoms with Crippen LogP contribution in [0.3, 0.4) is 0 Å². The van der Waals surface area contributed by atoms with Crippen LogP contribution in [-0.4, -0.2) is 19.1 Å². The molecule has 1 heterocycles. The van der Waals surface area contributed by atoms with Gasteiger partial charge in [-0.1, -0.05) is 55.5 Å². The fraction of sp³-hybridized carbons (Fsp3) is 0.316. The minimum Gasteiger partial charge on any atom is -0.493 e. The Morgan fingerprint density at radius 3 is 2.68 bits per heavy atom. The van der Waals surface area contributed by atoms with E-state index in [-0.39, 0.29) is 17.7 Å². The van der Waals surface area contributed by atoms with Gasteiger partial charge in [0, 0.05) is 18.0 Å². The first-order valence-electron chi connectivity index (χ1n) is 7.84. The number of ether oxygens (including phenoxy) is 1. The smallest absolute Gasteiger partial charge is 0.227 e. The lowest BCUT2D eigenvalue weighted by atomic mass is 9.95. The van der Waals surface area contributed by atoms with Crippen LogP contribution in [0.15, 0.2) is 54.6 Å². The molecule has 0 bridgehead atoms. The van der Waals surface area contributed by atoms with Crippen LogP contribution in [0, 0.1) is 0 Å². The van der Waals surface area contributed by atoms with Gasteiger partial charge in [0.2, 0.25) is 5.91 Å². The van der Waals surface area contributed by atoms with E-state index in [0.29, 0.717) is 13.2 Å². The molecular formula is C19H21NO2. The highest BCUT2D eigenvalue weighted by Crippen LogP contribution is 2.33. The van der Waals surface area contributed by atoms with Gasteiger partial charge in [-0.2, -0.15) is 0 Å². The van der Waals surface area contributed by atoms with Crippen LogP contribution in [0.1, 0.15) is 36.3 Å². The second-order valence-electron chi connectivity index (χ2n) is 5.66. The maximum absolute atomic E-state index is 12.5. The summed E-state index contributed by atoms with van der Waals surface area (Å²) in [6.45, 7) is 3.31. The minimum absolute atomic E-state index is 0.0845. The second kappa shape index (κ2) is 6.65. The van der Waals surface area contributed by atoms with E-state index in [0.717, 1.165) is 17.7 Å². The number of carbonyl (C=O) groups is 1. The summed E-state index contributed by atoms with van der Waals surface area (Å²) in [4.78, 5) is 12.5. The van der Waals surface area contributed by atoms with Crippen molar-refractivity contribution in [3.8, 4) is 5.75 Å². The van der Waals surface area contributed by atoms with Crippen molar-refractivity contribution in [2.45, 2.75) is 25.2 Å². The Morgan fingerprint density at radius 1 is 1.18 bits per heavy atom. The SMILES string of the molecule is CC[C@@H](C(=O)NC[C@H]1COc2ccccc21)c1ccccc1. The number of nitrogens with one attached hydrogen (secondary N) is 1. The topological polar surface area (TPSA) is 38.3 Å². The second-order valence-corrected chi connectivity index (χ2v) is 5.66. The average molecular weight is 295 g/mol. The average Bonchev–Trinajstić information content (AvgIpc) is 2.98. The summed E-state index contributed by atoms with van der Waals surface area (Å²) in [6, 6.07) is 18.0. The van der Waals surface area contributed by atoms with E-state index in [4.69, 9.17) is 4.74 Å². The molecule has 3 nitrogen and oxygen atoms in total. The number of rotatable bonds is 5. The van der Waals surface area contributed by atoms with Crippen molar-refractivity contribution < 1.29 is 9.53 Å². The third-order valence-corrected chi connectivity index (χ3v) is 4.25. The fourth-order valence-corrected chi connectivity index (χ4v) is 3.00. The molecule has 0 unspecified atom stereocenters. The molecule has 1 N–H and O–H groups in total. The first kappa shape index (κ1) is 14.6. The summed E-state index contributed by atoms with van der Waals surface area (Å²) in [5.74, 6) is 1.20. The van der Waals surface area contributed by atoms with Crippen LogP contribution in [0.4, 0.5) is 0 Å². The van der Waals surface area contributed by atoms with Gasteiger partial charge >= 0.3 is 0 Å². The number of hydrogen-bond donors (Lipinski definition) is 1. The molecule has 1 aliphatic heterocycles. The van der Waals surface area contributed by atoms with Crippen molar-refractivity contribution in [3.63, 3.8) is 0 Å². The Hall–Kier alpha value is -2.29. The lowest BCUT2D eigenvalue weighted by Crippen LogP contribution is -2.33. The first-order valence-corrected chi connectivity index (χ1v) is 7.84. The highest BCUT2D eigenvalue weighted by atomic mass is 16.5. The molecule has 0 saturated carbocycles. The van der Waals surface area contributed by atoms with Crippen molar-refractivity contribution in [2.75, 3.05) is 13.2 Å². The van der Waals surface area contributed by atoms with E-state index >= 15 is 0 Å². The van der Waals surface area contributed by atoms with E-state index in [1.54, 1.807) is 0 Å². The van der Waals surface area contributed by atoms with Crippen molar-refractivity contribution in [1.29, 1.82) is 0 Å². The molecule has 2 aromatic rings. The molecule has 0 spiro atoms. The number of hydrogen-bond acceptors (Lipinski definition) is 2. The standard InChI is InChI=1S/C19H21NO2/c1-2-16(14-8-4-3-5-9-14)19(21)20-12-15-13-22-18-11-7-6-10-17(15)18/h3-11,15-16H,2,12-13H2,1H3,(H,20,21)/t15-,16+/m0/s1. The van der Waals surface area contributed by atoms with Crippen LogP contribution in [-0.2, 0) is 4.79 Å². The van der Waals surface area contributed by atoms with E-state index in [9.17, 15) is 4.79 Å². The van der Waals surface area contributed by atoms with Crippen LogP contribution in [0.2, 0.25) is 0 Å². The van der Waals surface area contributed by atoms with Gasteiger partial charge in [0.15, 0.2) is 0 Å². The van der Waals surface area contributed by atoms with E-state index in [2.05, 4.69) is 11.4 Å². The number of benzene rings is 2. The molecule has 1 aliphatic rings. The van der Waals surface area contributed by atoms with E-state index in [1.165, 1.54) is 5.56 Å². The summed E-state index contributed by atoms with van der Waals surface area (Å²) in [7, 11) is 0. The molecule has 114 valence electrons. The van der Waals surface area contributed by atoms with Gasteiger partial charge in [-0.25, -0.2) is 0 Å². The third kappa shape index (κ3) is 2.98. The number of amides is 1. The Bertz CT molecular complexity index is 639. The van der Waals surface area contributed by atoms with Gasteiger partial charge in [-0.15, -0.1) is 0 Å². The van der Waals surface area contributed by atoms with Gasteiger partial charge in [-0.05, 0) is 18.1 Å².